The molecule has 1 unspecified atom stereocenters. The topological polar surface area (TPSA) is 63.1 Å². The zero-order chi connectivity index (χ0) is 13.8. The Morgan fingerprint density at radius 2 is 2.11 bits per heavy atom. The van der Waals surface area contributed by atoms with Gasteiger partial charge in [-0.3, -0.25) is 4.79 Å². The highest BCUT2D eigenvalue weighted by Gasteiger charge is 2.21. The van der Waals surface area contributed by atoms with Gasteiger partial charge in [-0.15, -0.1) is 0 Å². The number of carbonyl (C=O) groups is 1. The molecule has 0 saturated carbocycles. The van der Waals surface area contributed by atoms with Crippen LogP contribution in [0.5, 0.6) is 0 Å². The van der Waals surface area contributed by atoms with Crippen molar-refractivity contribution in [1.29, 1.82) is 0 Å². The molecule has 1 heterocycles. The van der Waals surface area contributed by atoms with Crippen LogP contribution >= 0.6 is 0 Å². The number of carboxylic acid groups (broad SMARTS) is 1. The van der Waals surface area contributed by atoms with E-state index in [2.05, 4.69) is 16.3 Å². The molecule has 98 valence electrons. The third-order valence-corrected chi connectivity index (χ3v) is 3.13. The van der Waals surface area contributed by atoms with Crippen molar-refractivity contribution in [3.63, 3.8) is 0 Å². The summed E-state index contributed by atoms with van der Waals surface area (Å²) in [7, 11) is 0. The van der Waals surface area contributed by atoms with Gasteiger partial charge < -0.3 is 5.11 Å². The molecule has 0 aliphatic carbocycles. The Morgan fingerprint density at radius 1 is 1.32 bits per heavy atom. The van der Waals surface area contributed by atoms with Crippen molar-refractivity contribution in [1.82, 2.24) is 10.2 Å². The van der Waals surface area contributed by atoms with Gasteiger partial charge in [0, 0.05) is 12.1 Å². The molecule has 4 heteroatoms. The minimum absolute atomic E-state index is 0.0165. The minimum atomic E-state index is -0.837. The molecule has 0 spiro atoms. The number of hydrogen-bond acceptors (Lipinski definition) is 3. The molecule has 0 aliphatic rings. The Bertz CT molecular complexity index is 582. The van der Waals surface area contributed by atoms with E-state index in [1.165, 1.54) is 0 Å². The van der Waals surface area contributed by atoms with Crippen molar-refractivity contribution >= 4 is 5.97 Å². The lowest BCUT2D eigenvalue weighted by Crippen LogP contribution is -2.11. The van der Waals surface area contributed by atoms with Crippen LogP contribution in [-0.4, -0.2) is 21.3 Å². The van der Waals surface area contributed by atoms with E-state index in [9.17, 15) is 4.79 Å². The first-order valence-electron chi connectivity index (χ1n) is 6.14. The van der Waals surface area contributed by atoms with Crippen LogP contribution in [0.2, 0.25) is 0 Å². The highest BCUT2D eigenvalue weighted by molar-refractivity contribution is 5.69. The van der Waals surface area contributed by atoms with Gasteiger partial charge in [0.2, 0.25) is 0 Å². The summed E-state index contributed by atoms with van der Waals surface area (Å²) >= 11 is 0. The monoisotopic (exact) mass is 256 g/mol. The molecular weight excluding hydrogens is 240 g/mol. The van der Waals surface area contributed by atoms with Crippen molar-refractivity contribution in [2.45, 2.75) is 26.2 Å². The molecule has 0 fully saturated rings. The third-order valence-electron chi connectivity index (χ3n) is 3.13. The van der Waals surface area contributed by atoms with E-state index >= 15 is 0 Å². The van der Waals surface area contributed by atoms with Gasteiger partial charge >= 0.3 is 5.97 Å². The molecular formula is C15H16N2O2. The Labute approximate surface area is 112 Å². The molecule has 0 radical (unpaired) electrons. The summed E-state index contributed by atoms with van der Waals surface area (Å²) in [6, 6.07) is 9.63. The maximum atomic E-state index is 11.1. The first-order valence-corrected chi connectivity index (χ1v) is 6.14. The molecule has 4 nitrogen and oxygen atoms in total. The molecule has 0 saturated heterocycles. The van der Waals surface area contributed by atoms with E-state index in [1.807, 2.05) is 32.0 Å². The first kappa shape index (κ1) is 13.2. The summed E-state index contributed by atoms with van der Waals surface area (Å²) < 4.78 is 0. The minimum Gasteiger partial charge on any atom is -0.481 e. The molecule has 2 rings (SSSR count). The molecule has 1 N–H and O–H groups in total. The average molecular weight is 256 g/mol. The van der Waals surface area contributed by atoms with Crippen LogP contribution in [0.15, 0.2) is 36.5 Å². The van der Waals surface area contributed by atoms with E-state index in [1.54, 1.807) is 12.3 Å². The smallest absolute Gasteiger partial charge is 0.304 e. The summed E-state index contributed by atoms with van der Waals surface area (Å²) in [5.41, 5.74) is 3.93. The van der Waals surface area contributed by atoms with Gasteiger partial charge in [-0.1, -0.05) is 23.8 Å². The lowest BCUT2D eigenvalue weighted by Gasteiger charge is -2.17. The lowest BCUT2D eigenvalue weighted by molar-refractivity contribution is -0.137. The highest BCUT2D eigenvalue weighted by atomic mass is 16.4. The summed E-state index contributed by atoms with van der Waals surface area (Å²) in [4.78, 5) is 11.1. The number of hydrogen-bond donors (Lipinski definition) is 1. The summed E-state index contributed by atoms with van der Waals surface area (Å²) in [6.45, 7) is 4.01. The molecule has 1 aromatic carbocycles. The number of aromatic nitrogens is 2. The van der Waals surface area contributed by atoms with E-state index in [4.69, 9.17) is 5.11 Å². The number of nitrogens with zero attached hydrogens (tertiary/aromatic N) is 2. The molecule has 1 atom stereocenters. The van der Waals surface area contributed by atoms with Gasteiger partial charge in [0.05, 0.1) is 12.1 Å². The van der Waals surface area contributed by atoms with Crippen molar-refractivity contribution in [2.75, 3.05) is 0 Å². The van der Waals surface area contributed by atoms with Crippen LogP contribution in [0.25, 0.3) is 0 Å². The quantitative estimate of drug-likeness (QED) is 0.913. The molecule has 0 amide bonds. The second kappa shape index (κ2) is 5.61. The maximum absolute atomic E-state index is 11.1. The van der Waals surface area contributed by atoms with Gasteiger partial charge in [0.25, 0.3) is 0 Å². The van der Waals surface area contributed by atoms with E-state index in [-0.39, 0.29) is 12.3 Å². The Morgan fingerprint density at radius 3 is 2.68 bits per heavy atom. The Kier molecular flexibility index (Phi) is 3.90. The highest BCUT2D eigenvalue weighted by Crippen LogP contribution is 2.29. The Balaban J connectivity index is 2.46. The predicted octanol–water partition coefficient (Wildman–Crippen LogP) is 2.70. The van der Waals surface area contributed by atoms with E-state index in [0.717, 1.165) is 16.7 Å². The SMILES string of the molecule is Cc1ccc(C(CC(=O)O)c2cccnn2)c(C)c1. The van der Waals surface area contributed by atoms with Gasteiger partial charge in [0.15, 0.2) is 0 Å². The zero-order valence-corrected chi connectivity index (χ0v) is 11.0. The fourth-order valence-electron chi connectivity index (χ4n) is 2.26. The van der Waals surface area contributed by atoms with E-state index in [0.29, 0.717) is 5.69 Å². The summed E-state index contributed by atoms with van der Waals surface area (Å²) in [5, 5.41) is 17.0. The van der Waals surface area contributed by atoms with Crippen LogP contribution in [0.3, 0.4) is 0 Å². The lowest BCUT2D eigenvalue weighted by atomic mass is 9.88. The number of aryl methyl sites for hydroxylation is 2. The maximum Gasteiger partial charge on any atom is 0.304 e. The van der Waals surface area contributed by atoms with Crippen LogP contribution < -0.4 is 0 Å². The summed E-state index contributed by atoms with van der Waals surface area (Å²) in [6.07, 6.45) is 1.60. The third kappa shape index (κ3) is 3.16. The second-order valence-electron chi connectivity index (χ2n) is 4.66. The molecule has 1 aromatic heterocycles. The number of aliphatic carboxylic acids is 1. The fraction of sp³-hybridized carbons (Fsp3) is 0.267. The van der Waals surface area contributed by atoms with Gasteiger partial charge in [-0.05, 0) is 37.1 Å². The molecule has 0 bridgehead atoms. The standard InChI is InChI=1S/C15H16N2O2/c1-10-5-6-12(11(2)8-10)13(9-15(18)19)14-4-3-7-16-17-14/h3-8,13H,9H2,1-2H3,(H,18,19). The summed E-state index contributed by atoms with van der Waals surface area (Å²) in [5.74, 6) is -1.09. The largest absolute Gasteiger partial charge is 0.481 e. The number of benzene rings is 1. The normalized spacial score (nSPS) is 12.1. The predicted molar refractivity (Wildman–Crippen MR) is 72.0 cm³/mol. The van der Waals surface area contributed by atoms with Crippen molar-refractivity contribution in [3.8, 4) is 0 Å². The second-order valence-corrected chi connectivity index (χ2v) is 4.66. The average Bonchev–Trinajstić information content (AvgIpc) is 2.37. The fourth-order valence-corrected chi connectivity index (χ4v) is 2.26. The molecule has 2 aromatic rings. The first-order chi connectivity index (χ1) is 9.08. The number of rotatable bonds is 4. The molecule has 0 aliphatic heterocycles. The van der Waals surface area contributed by atoms with E-state index < -0.39 is 5.97 Å². The van der Waals surface area contributed by atoms with Crippen molar-refractivity contribution in [2.24, 2.45) is 0 Å². The number of carboxylic acids is 1. The Hall–Kier alpha value is -2.23. The van der Waals surface area contributed by atoms with Crippen molar-refractivity contribution < 1.29 is 9.90 Å². The van der Waals surface area contributed by atoms with Crippen LogP contribution in [-0.2, 0) is 4.79 Å². The van der Waals surface area contributed by atoms with Gasteiger partial charge in [-0.25, -0.2) is 0 Å². The van der Waals surface area contributed by atoms with Crippen LogP contribution in [0.4, 0.5) is 0 Å². The van der Waals surface area contributed by atoms with Crippen molar-refractivity contribution in [3.05, 3.63) is 58.9 Å². The van der Waals surface area contributed by atoms with Gasteiger partial charge in [0.1, 0.15) is 0 Å². The van der Waals surface area contributed by atoms with Gasteiger partial charge in [-0.2, -0.15) is 10.2 Å². The molecule has 19 heavy (non-hydrogen) atoms. The zero-order valence-electron chi connectivity index (χ0n) is 11.0. The van der Waals surface area contributed by atoms with Crippen LogP contribution in [0, 0.1) is 13.8 Å². The van der Waals surface area contributed by atoms with Crippen LogP contribution in [0.1, 0.15) is 34.7 Å².